The van der Waals surface area contributed by atoms with Crippen LogP contribution >= 0.6 is 11.8 Å². The Labute approximate surface area is 145 Å². The van der Waals surface area contributed by atoms with Crippen molar-refractivity contribution >= 4 is 34.5 Å². The van der Waals surface area contributed by atoms with Crippen LogP contribution in [-0.4, -0.2) is 27.9 Å². The minimum Gasteiger partial charge on any atom is -0.352 e. The summed E-state index contributed by atoms with van der Waals surface area (Å²) in [6.45, 7) is 0.466. The van der Waals surface area contributed by atoms with Gasteiger partial charge in [-0.1, -0.05) is 42.1 Å². The van der Waals surface area contributed by atoms with Gasteiger partial charge in [0.05, 0.1) is 0 Å². The molecule has 1 heterocycles. The van der Waals surface area contributed by atoms with Gasteiger partial charge in [0, 0.05) is 18.7 Å². The van der Waals surface area contributed by atoms with E-state index in [0.717, 1.165) is 37.0 Å². The van der Waals surface area contributed by atoms with E-state index in [1.54, 1.807) is 0 Å². The van der Waals surface area contributed by atoms with Crippen molar-refractivity contribution in [3.05, 3.63) is 35.9 Å². The fourth-order valence-corrected chi connectivity index (χ4v) is 3.54. The van der Waals surface area contributed by atoms with Gasteiger partial charge in [-0.15, -0.1) is 5.10 Å². The summed E-state index contributed by atoms with van der Waals surface area (Å²) in [4.78, 5) is 24.0. The zero-order valence-electron chi connectivity index (χ0n) is 13.3. The predicted molar refractivity (Wildman–Crippen MR) is 95.8 cm³/mol. The number of benzene rings is 1. The molecular formula is C17H20N4O2S. The summed E-state index contributed by atoms with van der Waals surface area (Å²) >= 11 is 1.27. The number of hydrogen-bond acceptors (Lipinski definition) is 5. The van der Waals surface area contributed by atoms with E-state index in [4.69, 9.17) is 0 Å². The van der Waals surface area contributed by atoms with E-state index in [0.29, 0.717) is 11.7 Å². The highest BCUT2D eigenvalue weighted by molar-refractivity contribution is 8.15. The molecule has 2 N–H and O–H groups in total. The Morgan fingerprint density at radius 2 is 1.96 bits per heavy atom. The lowest BCUT2D eigenvalue weighted by Crippen LogP contribution is -2.31. The maximum atomic E-state index is 12.0. The van der Waals surface area contributed by atoms with Gasteiger partial charge in [-0.05, 0) is 31.2 Å². The van der Waals surface area contributed by atoms with Crippen LogP contribution in [0, 0.1) is 0 Å². The van der Waals surface area contributed by atoms with Crippen molar-refractivity contribution in [2.45, 2.75) is 43.9 Å². The van der Waals surface area contributed by atoms with Crippen molar-refractivity contribution < 1.29 is 9.59 Å². The largest absolute Gasteiger partial charge is 0.352 e. The van der Waals surface area contributed by atoms with Crippen molar-refractivity contribution in [3.63, 3.8) is 0 Å². The number of amides is 2. The summed E-state index contributed by atoms with van der Waals surface area (Å²) in [5, 5.41) is 13.9. The lowest BCUT2D eigenvalue weighted by Gasteiger charge is -2.07. The number of hydrogen-bond donors (Lipinski definition) is 2. The Bertz CT molecular complexity index is 664. The topological polar surface area (TPSA) is 82.9 Å². The van der Waals surface area contributed by atoms with Gasteiger partial charge in [0.1, 0.15) is 5.25 Å². The van der Waals surface area contributed by atoms with Gasteiger partial charge in [0.2, 0.25) is 11.8 Å². The number of rotatable bonds is 5. The number of nitrogens with zero attached hydrogens (tertiary/aromatic N) is 2. The fourth-order valence-electron chi connectivity index (χ4n) is 2.62. The average molecular weight is 344 g/mol. The van der Waals surface area contributed by atoms with Crippen molar-refractivity contribution in [1.82, 2.24) is 10.6 Å². The molecule has 6 nitrogen and oxygen atoms in total. The molecule has 2 aliphatic rings. The van der Waals surface area contributed by atoms with Gasteiger partial charge in [-0.3, -0.25) is 9.59 Å². The molecule has 1 saturated carbocycles. The summed E-state index contributed by atoms with van der Waals surface area (Å²) in [6.07, 6.45) is 4.43. The Morgan fingerprint density at radius 3 is 2.71 bits per heavy atom. The van der Waals surface area contributed by atoms with E-state index in [2.05, 4.69) is 20.8 Å². The van der Waals surface area contributed by atoms with Crippen LogP contribution in [0.25, 0.3) is 0 Å². The molecular weight excluding hydrogens is 324 g/mol. The quantitative estimate of drug-likeness (QED) is 0.804. The molecule has 126 valence electrons. The van der Waals surface area contributed by atoms with Crippen LogP contribution in [0.2, 0.25) is 0 Å². The highest BCUT2D eigenvalue weighted by atomic mass is 32.2. The minimum absolute atomic E-state index is 0.138. The van der Waals surface area contributed by atoms with E-state index in [1.165, 1.54) is 11.8 Å². The molecule has 1 aromatic carbocycles. The standard InChI is InChI=1S/C17H20N4O2S/c22-15(18-11-12-6-2-1-3-7-12)10-14-16(23)19-17(24-14)21-20-13-8-4-5-9-13/h1-3,6-7,14H,4-5,8-11H2,(H,18,22)(H,19,21,23). The van der Waals surface area contributed by atoms with Crippen LogP contribution in [-0.2, 0) is 16.1 Å². The minimum atomic E-state index is -0.441. The second-order valence-corrected chi connectivity index (χ2v) is 7.03. The molecule has 0 spiro atoms. The summed E-state index contributed by atoms with van der Waals surface area (Å²) in [5.41, 5.74) is 2.12. The fraction of sp³-hybridized carbons (Fsp3) is 0.412. The molecule has 1 aliphatic heterocycles. The molecule has 7 heteroatoms. The first kappa shape index (κ1) is 16.7. The molecule has 1 aliphatic carbocycles. The molecule has 24 heavy (non-hydrogen) atoms. The van der Waals surface area contributed by atoms with Crippen molar-refractivity contribution in [2.24, 2.45) is 10.2 Å². The molecule has 2 amide bonds. The van der Waals surface area contributed by atoms with Crippen LogP contribution in [0.15, 0.2) is 40.5 Å². The van der Waals surface area contributed by atoms with Crippen LogP contribution in [0.1, 0.15) is 37.7 Å². The maximum Gasteiger partial charge on any atom is 0.240 e. The van der Waals surface area contributed by atoms with E-state index in [-0.39, 0.29) is 18.2 Å². The third-order valence-electron chi connectivity index (χ3n) is 3.94. The van der Waals surface area contributed by atoms with Gasteiger partial charge >= 0.3 is 0 Å². The van der Waals surface area contributed by atoms with Gasteiger partial charge in [0.15, 0.2) is 5.17 Å². The molecule has 1 aromatic rings. The monoisotopic (exact) mass is 344 g/mol. The summed E-state index contributed by atoms with van der Waals surface area (Å²) in [5.74, 6) is -0.324. The number of amidine groups is 1. The smallest absolute Gasteiger partial charge is 0.240 e. The lowest BCUT2D eigenvalue weighted by molar-refractivity contribution is -0.125. The van der Waals surface area contributed by atoms with Crippen LogP contribution < -0.4 is 10.6 Å². The molecule has 1 unspecified atom stereocenters. The van der Waals surface area contributed by atoms with Crippen molar-refractivity contribution in [2.75, 3.05) is 0 Å². The highest BCUT2D eigenvalue weighted by Crippen LogP contribution is 2.23. The Balaban J connectivity index is 1.48. The SMILES string of the molecule is O=C(CC1S/C(=N/N=C2CCCC2)NC1=O)NCc1ccccc1. The highest BCUT2D eigenvalue weighted by Gasteiger charge is 2.32. The molecule has 0 bridgehead atoms. The molecule has 2 fully saturated rings. The number of carbonyl (C=O) groups is 2. The molecule has 0 radical (unpaired) electrons. The van der Waals surface area contributed by atoms with Gasteiger partial charge in [0.25, 0.3) is 0 Å². The van der Waals surface area contributed by atoms with Crippen LogP contribution in [0.3, 0.4) is 0 Å². The van der Waals surface area contributed by atoms with Gasteiger partial charge in [-0.2, -0.15) is 5.10 Å². The van der Waals surface area contributed by atoms with Crippen LogP contribution in [0.4, 0.5) is 0 Å². The second-order valence-electron chi connectivity index (χ2n) is 5.84. The normalized spacial score (nSPS) is 21.8. The number of thioether (sulfide) groups is 1. The molecule has 1 saturated heterocycles. The molecule has 0 aromatic heterocycles. The first-order chi connectivity index (χ1) is 11.7. The summed E-state index contributed by atoms with van der Waals surface area (Å²) in [6, 6.07) is 9.68. The summed E-state index contributed by atoms with van der Waals surface area (Å²) < 4.78 is 0. The third-order valence-corrected chi connectivity index (χ3v) is 5.01. The molecule has 1 atom stereocenters. The maximum absolute atomic E-state index is 12.0. The number of nitrogens with one attached hydrogen (secondary N) is 2. The van der Waals surface area contributed by atoms with Crippen molar-refractivity contribution in [1.29, 1.82) is 0 Å². The van der Waals surface area contributed by atoms with Gasteiger partial charge < -0.3 is 10.6 Å². The second kappa shape index (κ2) is 8.10. The average Bonchev–Trinajstić information content (AvgIpc) is 3.22. The molecule has 3 rings (SSSR count). The first-order valence-corrected chi connectivity index (χ1v) is 9.00. The Morgan fingerprint density at radius 1 is 1.21 bits per heavy atom. The zero-order valence-corrected chi connectivity index (χ0v) is 14.1. The third kappa shape index (κ3) is 4.67. The van der Waals surface area contributed by atoms with Crippen LogP contribution in [0.5, 0.6) is 0 Å². The predicted octanol–water partition coefficient (Wildman–Crippen LogP) is 2.21. The summed E-state index contributed by atoms with van der Waals surface area (Å²) in [7, 11) is 0. The van der Waals surface area contributed by atoms with Crippen molar-refractivity contribution in [3.8, 4) is 0 Å². The first-order valence-electron chi connectivity index (χ1n) is 8.12. The zero-order chi connectivity index (χ0) is 16.8. The van der Waals surface area contributed by atoms with E-state index < -0.39 is 5.25 Å². The van der Waals surface area contributed by atoms with Gasteiger partial charge in [-0.25, -0.2) is 0 Å². The lowest BCUT2D eigenvalue weighted by atomic mass is 10.2. The Hall–Kier alpha value is -2.15. The van der Waals surface area contributed by atoms with E-state index in [9.17, 15) is 9.59 Å². The van der Waals surface area contributed by atoms with E-state index in [1.807, 2.05) is 30.3 Å². The Kier molecular flexibility index (Phi) is 5.63. The number of carbonyl (C=O) groups excluding carboxylic acids is 2. The van der Waals surface area contributed by atoms with E-state index >= 15 is 0 Å².